The monoisotopic (exact) mass is 570 g/mol. The molecule has 4 rings (SSSR count). The van der Waals surface area contributed by atoms with Gasteiger partial charge in [0.25, 0.3) is 0 Å². The van der Waals surface area contributed by atoms with Crippen LogP contribution in [0.15, 0.2) is 68.8 Å². The normalized spacial score (nSPS) is 16.2. The number of carbonyl (C=O) groups is 1. The molecule has 1 atom stereocenters. The summed E-state index contributed by atoms with van der Waals surface area (Å²) in [5.74, 6) is 0.993. The molecule has 1 fully saturated rings. The highest BCUT2D eigenvalue weighted by Gasteiger charge is 2.28. The predicted molar refractivity (Wildman–Crippen MR) is 139 cm³/mol. The van der Waals surface area contributed by atoms with Crippen LogP contribution in [0.3, 0.4) is 0 Å². The van der Waals surface area contributed by atoms with Crippen molar-refractivity contribution in [3.63, 3.8) is 0 Å². The van der Waals surface area contributed by atoms with Gasteiger partial charge in [0, 0.05) is 34.8 Å². The maximum absolute atomic E-state index is 12.9. The van der Waals surface area contributed by atoms with Crippen LogP contribution in [0, 0.1) is 5.92 Å². The van der Waals surface area contributed by atoms with Crippen LogP contribution in [0.25, 0.3) is 0 Å². The third-order valence-corrected chi connectivity index (χ3v) is 6.59. The molecule has 1 unspecified atom stereocenters. The van der Waals surface area contributed by atoms with E-state index in [-0.39, 0.29) is 11.8 Å². The molecule has 9 heteroatoms. The molecule has 3 N–H and O–H groups in total. The molecule has 170 valence electrons. The third kappa shape index (κ3) is 6.17. The summed E-state index contributed by atoms with van der Waals surface area (Å²) in [7, 11) is 0. The van der Waals surface area contributed by atoms with Gasteiger partial charge in [0.1, 0.15) is 18.0 Å². The van der Waals surface area contributed by atoms with Gasteiger partial charge in [-0.3, -0.25) is 9.79 Å². The van der Waals surface area contributed by atoms with Gasteiger partial charge in [-0.05, 0) is 54.8 Å². The second kappa shape index (κ2) is 10.9. The fraction of sp³-hybridized carbons (Fsp3) is 0.250. The van der Waals surface area contributed by atoms with Crippen molar-refractivity contribution in [3.8, 4) is 0 Å². The van der Waals surface area contributed by atoms with Crippen LogP contribution in [0.4, 0.5) is 17.3 Å². The first-order valence-corrected chi connectivity index (χ1v) is 12.3. The van der Waals surface area contributed by atoms with Gasteiger partial charge in [0.2, 0.25) is 5.91 Å². The number of aliphatic imine (C=N–C) groups is 1. The number of amides is 1. The Morgan fingerprint density at radius 2 is 1.82 bits per heavy atom. The number of piperidine rings is 1. The first-order chi connectivity index (χ1) is 16.0. The number of aromatic nitrogens is 2. The SMILES string of the molecule is Nc1ncnc(N2CCCC(C(=O)NCc3ccc(Br)cc3)C2)c1C=Nc1ccc(Br)cc1. The molecule has 33 heavy (non-hydrogen) atoms. The number of hydrogen-bond acceptors (Lipinski definition) is 6. The highest BCUT2D eigenvalue weighted by Crippen LogP contribution is 2.27. The summed E-state index contributed by atoms with van der Waals surface area (Å²) in [5, 5.41) is 3.07. The molecule has 2 aromatic carbocycles. The van der Waals surface area contributed by atoms with Crippen molar-refractivity contribution in [3.05, 3.63) is 74.9 Å². The van der Waals surface area contributed by atoms with Crippen molar-refractivity contribution < 1.29 is 4.79 Å². The van der Waals surface area contributed by atoms with Crippen LogP contribution in [0.1, 0.15) is 24.0 Å². The topological polar surface area (TPSA) is 96.5 Å². The molecule has 1 aromatic heterocycles. The number of hydrogen-bond donors (Lipinski definition) is 2. The molecule has 1 amide bonds. The maximum atomic E-state index is 12.9. The van der Waals surface area contributed by atoms with Gasteiger partial charge in [-0.25, -0.2) is 9.97 Å². The zero-order valence-corrected chi connectivity index (χ0v) is 21.1. The summed E-state index contributed by atoms with van der Waals surface area (Å²) >= 11 is 6.86. The fourth-order valence-electron chi connectivity index (χ4n) is 3.76. The lowest BCUT2D eigenvalue weighted by Crippen LogP contribution is -2.43. The lowest BCUT2D eigenvalue weighted by Gasteiger charge is -2.33. The van der Waals surface area contributed by atoms with Crippen LogP contribution in [-0.4, -0.2) is 35.2 Å². The van der Waals surface area contributed by atoms with E-state index in [4.69, 9.17) is 5.73 Å². The van der Waals surface area contributed by atoms with Crippen LogP contribution in [-0.2, 0) is 11.3 Å². The van der Waals surface area contributed by atoms with Crippen molar-refractivity contribution in [1.82, 2.24) is 15.3 Å². The van der Waals surface area contributed by atoms with Gasteiger partial charge < -0.3 is 16.0 Å². The van der Waals surface area contributed by atoms with E-state index in [9.17, 15) is 4.79 Å². The van der Waals surface area contributed by atoms with Crippen molar-refractivity contribution in [2.24, 2.45) is 10.9 Å². The van der Waals surface area contributed by atoms with E-state index in [0.717, 1.165) is 39.6 Å². The minimum atomic E-state index is -0.123. The van der Waals surface area contributed by atoms with Gasteiger partial charge in [-0.1, -0.05) is 44.0 Å². The Balaban J connectivity index is 1.46. The summed E-state index contributed by atoms with van der Waals surface area (Å²) in [5.41, 5.74) is 8.70. The second-order valence-corrected chi connectivity index (χ2v) is 9.69. The molecule has 3 aromatic rings. The molecule has 0 saturated carbocycles. The first-order valence-electron chi connectivity index (χ1n) is 10.7. The summed E-state index contributed by atoms with van der Waals surface area (Å²) < 4.78 is 2.01. The van der Waals surface area contributed by atoms with Gasteiger partial charge >= 0.3 is 0 Å². The average Bonchev–Trinajstić information content (AvgIpc) is 2.84. The Morgan fingerprint density at radius 1 is 1.12 bits per heavy atom. The summed E-state index contributed by atoms with van der Waals surface area (Å²) in [4.78, 5) is 28.1. The minimum Gasteiger partial charge on any atom is -0.383 e. The first kappa shape index (κ1) is 23.4. The van der Waals surface area contributed by atoms with Crippen molar-refractivity contribution >= 4 is 61.3 Å². The number of benzene rings is 2. The molecular weight excluding hydrogens is 548 g/mol. The average molecular weight is 572 g/mol. The minimum absolute atomic E-state index is 0.0507. The zero-order valence-electron chi connectivity index (χ0n) is 17.9. The summed E-state index contributed by atoms with van der Waals surface area (Å²) in [6.07, 6.45) is 4.89. The van der Waals surface area contributed by atoms with E-state index in [1.54, 1.807) is 6.21 Å². The molecular formula is C24H24Br2N6O. The lowest BCUT2D eigenvalue weighted by atomic mass is 9.96. The van der Waals surface area contributed by atoms with E-state index in [0.29, 0.717) is 30.3 Å². The molecule has 0 radical (unpaired) electrons. The Hall–Kier alpha value is -2.78. The molecule has 0 bridgehead atoms. The Morgan fingerprint density at radius 3 is 2.55 bits per heavy atom. The Labute approximate surface area is 209 Å². The number of rotatable bonds is 6. The molecule has 0 aliphatic carbocycles. The highest BCUT2D eigenvalue weighted by molar-refractivity contribution is 9.10. The largest absolute Gasteiger partial charge is 0.383 e. The number of nitrogens with zero attached hydrogens (tertiary/aromatic N) is 4. The quantitative estimate of drug-likeness (QED) is 0.412. The zero-order chi connectivity index (χ0) is 23.2. The van der Waals surface area contributed by atoms with Crippen molar-refractivity contribution in [1.29, 1.82) is 0 Å². The molecule has 1 saturated heterocycles. The van der Waals surface area contributed by atoms with Gasteiger partial charge in [-0.15, -0.1) is 0 Å². The summed E-state index contributed by atoms with van der Waals surface area (Å²) in [6.45, 7) is 1.88. The van der Waals surface area contributed by atoms with Crippen molar-refractivity contribution in [2.45, 2.75) is 19.4 Å². The number of nitrogen functional groups attached to an aromatic ring is 1. The van der Waals surface area contributed by atoms with Crippen LogP contribution in [0.5, 0.6) is 0 Å². The molecule has 1 aliphatic heterocycles. The molecule has 7 nitrogen and oxygen atoms in total. The van der Waals surface area contributed by atoms with E-state index < -0.39 is 0 Å². The highest BCUT2D eigenvalue weighted by atomic mass is 79.9. The lowest BCUT2D eigenvalue weighted by molar-refractivity contribution is -0.125. The van der Waals surface area contributed by atoms with Crippen LogP contribution < -0.4 is 16.0 Å². The summed E-state index contributed by atoms with van der Waals surface area (Å²) in [6, 6.07) is 15.6. The van der Waals surface area contributed by atoms with E-state index in [1.807, 2.05) is 48.5 Å². The third-order valence-electron chi connectivity index (χ3n) is 5.53. The Kier molecular flexibility index (Phi) is 7.72. The number of carbonyl (C=O) groups excluding carboxylic acids is 1. The number of anilines is 2. The fourth-order valence-corrected chi connectivity index (χ4v) is 4.29. The predicted octanol–water partition coefficient (Wildman–Crippen LogP) is 4.87. The number of nitrogens with one attached hydrogen (secondary N) is 1. The molecule has 2 heterocycles. The molecule has 0 spiro atoms. The van der Waals surface area contributed by atoms with Crippen molar-refractivity contribution in [2.75, 3.05) is 23.7 Å². The van der Waals surface area contributed by atoms with E-state index in [1.165, 1.54) is 6.33 Å². The standard InChI is InChI=1S/C24H24Br2N6O/c25-18-5-3-16(4-6-18)12-29-24(33)17-2-1-11-32(14-17)23-21(22(27)30-15-31-23)13-28-20-9-7-19(26)8-10-20/h3-10,13,15,17H,1-2,11-12,14H2,(H,29,33)(H2,27,30,31). The van der Waals surface area contributed by atoms with Gasteiger partial charge in [-0.2, -0.15) is 0 Å². The van der Waals surface area contributed by atoms with E-state index in [2.05, 4.69) is 57.0 Å². The Bertz CT molecular complexity index is 1130. The maximum Gasteiger partial charge on any atom is 0.225 e. The van der Waals surface area contributed by atoms with E-state index >= 15 is 0 Å². The van der Waals surface area contributed by atoms with Gasteiger partial charge in [0.05, 0.1) is 17.2 Å². The second-order valence-electron chi connectivity index (χ2n) is 7.86. The van der Waals surface area contributed by atoms with Crippen LogP contribution in [0.2, 0.25) is 0 Å². The number of nitrogens with two attached hydrogens (primary N) is 1. The van der Waals surface area contributed by atoms with Gasteiger partial charge in [0.15, 0.2) is 0 Å². The molecule has 1 aliphatic rings. The van der Waals surface area contributed by atoms with Crippen LogP contribution >= 0.6 is 31.9 Å². The smallest absolute Gasteiger partial charge is 0.225 e. The number of halogens is 2.